The third kappa shape index (κ3) is 14.0. The number of amides is 1. The fraction of sp³-hybridized carbons (Fsp3) is 0.302. The second-order valence-electron chi connectivity index (χ2n) is 13.8. The van der Waals surface area contributed by atoms with E-state index in [0.717, 1.165) is 41.9 Å². The van der Waals surface area contributed by atoms with Crippen molar-refractivity contribution in [2.24, 2.45) is 7.05 Å². The van der Waals surface area contributed by atoms with E-state index < -0.39 is 41.4 Å². The fourth-order valence-electron chi connectivity index (χ4n) is 5.94. The molecule has 0 bridgehead atoms. The molecule has 2 atom stereocenters. The summed E-state index contributed by atoms with van der Waals surface area (Å²) in [5.41, 5.74) is 3.06. The van der Waals surface area contributed by atoms with Crippen LogP contribution in [0.25, 0.3) is 23.3 Å². The number of likely N-dealkylation sites (N-methyl/N-ethyl adjacent to an activating group) is 1. The van der Waals surface area contributed by atoms with Crippen molar-refractivity contribution in [2.75, 3.05) is 26.2 Å². The molecule has 0 radical (unpaired) electrons. The molecule has 4 N–H and O–H groups in total. The molecular formula is C43H46F4N6O8. The van der Waals surface area contributed by atoms with Gasteiger partial charge in [0.05, 0.1) is 11.8 Å². The molecule has 18 heteroatoms. The molecule has 5 rings (SSSR count). The predicted octanol–water partition coefficient (Wildman–Crippen LogP) is 4.81. The normalized spacial score (nSPS) is 12.5. The van der Waals surface area contributed by atoms with Crippen molar-refractivity contribution in [1.29, 1.82) is 0 Å². The molecule has 0 aliphatic rings. The van der Waals surface area contributed by atoms with Gasteiger partial charge >= 0.3 is 18.1 Å². The summed E-state index contributed by atoms with van der Waals surface area (Å²) in [6.07, 6.45) is -0.164. The van der Waals surface area contributed by atoms with Crippen LogP contribution >= 0.6 is 0 Å². The first-order valence-electron chi connectivity index (χ1n) is 19.0. The Morgan fingerprint density at radius 3 is 1.89 bits per heavy atom. The van der Waals surface area contributed by atoms with Crippen molar-refractivity contribution in [3.63, 3.8) is 0 Å². The van der Waals surface area contributed by atoms with Crippen molar-refractivity contribution >= 4 is 30.0 Å². The Bertz CT molecular complexity index is 2310. The third-order valence-corrected chi connectivity index (χ3v) is 9.46. The van der Waals surface area contributed by atoms with Crippen molar-refractivity contribution in [3.05, 3.63) is 141 Å². The first kappa shape index (κ1) is 47.2. The molecule has 0 spiro atoms. The van der Waals surface area contributed by atoms with Crippen molar-refractivity contribution in [3.8, 4) is 11.1 Å². The molecule has 61 heavy (non-hydrogen) atoms. The number of aliphatic hydroxyl groups excluding tert-OH is 2. The average molecular weight is 851 g/mol. The zero-order valence-electron chi connectivity index (χ0n) is 33.5. The minimum absolute atomic E-state index is 0.0989. The van der Waals surface area contributed by atoms with Gasteiger partial charge in [0.15, 0.2) is 12.2 Å². The van der Waals surface area contributed by atoms with E-state index in [1.807, 2.05) is 30.5 Å². The van der Waals surface area contributed by atoms with E-state index in [2.05, 4.69) is 28.8 Å². The minimum atomic E-state index is -4.41. The van der Waals surface area contributed by atoms with Crippen LogP contribution in [0.2, 0.25) is 0 Å². The standard InChI is InChI=1S/C39H40F4N6O2.C4H6O6/c1-4-47(5-2)20-21-48(25-29-6-11-31(12-7-29)32-13-15-34(16-14-32)39(41,42)43)37(50)27-49-26-33(22-30-23-44-46(3)24-30)38(51)45-36(49)19-10-28-8-17-35(40)18-9-28;5-1(3(7)8)2(6)4(9)10/h6-19,23-24,26H,4-5,20-22,25,27H2,1-3H3;1-2,5-6H,(H,7,8)(H,9,10)/b19-10+;. The van der Waals surface area contributed by atoms with Gasteiger partial charge in [-0.25, -0.2) is 14.0 Å². The Balaban J connectivity index is 0.000000727. The number of carboxylic acids is 2. The highest BCUT2D eigenvalue weighted by Gasteiger charge is 2.30. The first-order chi connectivity index (χ1) is 28.9. The number of benzene rings is 3. The minimum Gasteiger partial charge on any atom is -0.479 e. The monoisotopic (exact) mass is 850 g/mol. The zero-order valence-corrected chi connectivity index (χ0v) is 33.5. The number of aliphatic hydroxyl groups is 2. The molecule has 0 saturated heterocycles. The van der Waals surface area contributed by atoms with Gasteiger partial charge in [0, 0.05) is 51.1 Å². The number of carbonyl (C=O) groups is 3. The lowest BCUT2D eigenvalue weighted by Gasteiger charge is -2.27. The smallest absolute Gasteiger partial charge is 0.416 e. The largest absolute Gasteiger partial charge is 0.479 e. The Kier molecular flexibility index (Phi) is 16.8. The lowest BCUT2D eigenvalue weighted by molar-refractivity contribution is -0.165. The first-order valence-corrected chi connectivity index (χ1v) is 19.0. The maximum absolute atomic E-state index is 14.1. The quantitative estimate of drug-likeness (QED) is 0.0940. The predicted molar refractivity (Wildman–Crippen MR) is 217 cm³/mol. The summed E-state index contributed by atoms with van der Waals surface area (Å²) in [4.78, 5) is 55.2. The van der Waals surface area contributed by atoms with Gasteiger partial charge in [-0.1, -0.05) is 68.5 Å². The van der Waals surface area contributed by atoms with Crippen LogP contribution in [0.1, 0.15) is 47.5 Å². The second kappa shape index (κ2) is 21.7. The van der Waals surface area contributed by atoms with Gasteiger partial charge in [-0.15, -0.1) is 0 Å². The van der Waals surface area contributed by atoms with Crippen LogP contribution < -0.4 is 5.56 Å². The van der Waals surface area contributed by atoms with Crippen molar-refractivity contribution in [1.82, 2.24) is 29.1 Å². The Labute approximate surface area is 348 Å². The van der Waals surface area contributed by atoms with Crippen LogP contribution in [0.3, 0.4) is 0 Å². The highest BCUT2D eigenvalue weighted by molar-refractivity contribution is 5.83. The Hall–Kier alpha value is -6.50. The van der Waals surface area contributed by atoms with Crippen LogP contribution in [0.15, 0.2) is 96.2 Å². The van der Waals surface area contributed by atoms with Gasteiger partial charge in [0.1, 0.15) is 18.2 Å². The average Bonchev–Trinajstić information content (AvgIpc) is 3.65. The summed E-state index contributed by atoms with van der Waals surface area (Å²) in [7, 11) is 1.79. The number of carboxylic acid groups (broad SMARTS) is 2. The number of halogens is 4. The molecule has 3 aromatic carbocycles. The maximum atomic E-state index is 14.1. The third-order valence-electron chi connectivity index (χ3n) is 9.46. The summed E-state index contributed by atoms with van der Waals surface area (Å²) >= 11 is 0. The number of aryl methyl sites for hydroxylation is 1. The highest BCUT2D eigenvalue weighted by atomic mass is 19.4. The van der Waals surface area contributed by atoms with Crippen LogP contribution in [-0.4, -0.2) is 106 Å². The molecule has 0 fully saturated rings. The molecule has 1 amide bonds. The molecule has 0 aliphatic heterocycles. The topological polar surface area (TPSA) is 191 Å². The van der Waals surface area contributed by atoms with E-state index in [0.29, 0.717) is 36.3 Å². The summed E-state index contributed by atoms with van der Waals surface area (Å²) < 4.78 is 56.0. The molecule has 2 heterocycles. The van der Waals surface area contributed by atoms with Gasteiger partial charge in [0.2, 0.25) is 5.91 Å². The molecule has 2 aromatic heterocycles. The second-order valence-corrected chi connectivity index (χ2v) is 13.8. The SMILES string of the molecule is CCN(CC)CCN(Cc1ccc(-c2ccc(C(F)(F)F)cc2)cc1)C(=O)Cn1cc(Cc2cnn(C)c2)c(=O)nc1/C=C/c1ccc(F)cc1.O=C(O)C(O)C(O)C(=O)O. The molecule has 0 saturated carbocycles. The fourth-order valence-corrected chi connectivity index (χ4v) is 5.94. The maximum Gasteiger partial charge on any atom is 0.416 e. The van der Waals surface area contributed by atoms with E-state index in [9.17, 15) is 36.7 Å². The molecule has 5 aromatic rings. The van der Waals surface area contributed by atoms with Crippen LogP contribution in [-0.2, 0) is 47.1 Å². The van der Waals surface area contributed by atoms with E-state index in [1.165, 1.54) is 24.3 Å². The van der Waals surface area contributed by atoms with Crippen LogP contribution in [0.4, 0.5) is 17.6 Å². The molecular weight excluding hydrogens is 804 g/mol. The highest BCUT2D eigenvalue weighted by Crippen LogP contribution is 2.31. The Morgan fingerprint density at radius 2 is 1.38 bits per heavy atom. The number of alkyl halides is 3. The zero-order chi connectivity index (χ0) is 44.9. The molecule has 324 valence electrons. The number of hydrogen-bond acceptors (Lipinski definition) is 9. The van der Waals surface area contributed by atoms with E-state index in [-0.39, 0.29) is 30.5 Å². The number of hydrogen-bond donors (Lipinski definition) is 4. The van der Waals surface area contributed by atoms with E-state index >= 15 is 0 Å². The Morgan fingerprint density at radius 1 is 0.803 bits per heavy atom. The van der Waals surface area contributed by atoms with Crippen molar-refractivity contribution in [2.45, 2.75) is 51.7 Å². The number of nitrogens with zero attached hydrogens (tertiary/aromatic N) is 6. The number of aromatic nitrogens is 4. The lowest BCUT2D eigenvalue weighted by atomic mass is 10.0. The van der Waals surface area contributed by atoms with E-state index in [4.69, 9.17) is 20.4 Å². The van der Waals surface area contributed by atoms with Gasteiger partial charge in [0.25, 0.3) is 5.56 Å². The summed E-state index contributed by atoms with van der Waals surface area (Å²) in [5.74, 6) is -3.82. The number of carbonyl (C=O) groups excluding carboxylic acids is 1. The summed E-state index contributed by atoms with van der Waals surface area (Å²) in [5, 5.41) is 36.7. The van der Waals surface area contributed by atoms with Crippen molar-refractivity contribution < 1.29 is 52.4 Å². The van der Waals surface area contributed by atoms with Gasteiger partial charge in [-0.3, -0.25) is 14.3 Å². The molecule has 0 aliphatic carbocycles. The summed E-state index contributed by atoms with van der Waals surface area (Å²) in [6, 6.07) is 18.3. The van der Waals surface area contributed by atoms with Gasteiger partial charge in [-0.2, -0.15) is 23.3 Å². The van der Waals surface area contributed by atoms with Crippen LogP contribution in [0.5, 0.6) is 0 Å². The van der Waals surface area contributed by atoms with E-state index in [1.54, 1.807) is 57.9 Å². The number of aliphatic carboxylic acids is 2. The van der Waals surface area contributed by atoms with Gasteiger partial charge in [-0.05, 0) is 71.2 Å². The summed E-state index contributed by atoms with van der Waals surface area (Å²) in [6.45, 7) is 7.05. The van der Waals surface area contributed by atoms with Gasteiger partial charge < -0.3 is 34.8 Å². The number of rotatable bonds is 17. The lowest BCUT2D eigenvalue weighted by Crippen LogP contribution is -2.40. The molecule has 2 unspecified atom stereocenters. The van der Waals surface area contributed by atoms with Crippen LogP contribution in [0, 0.1) is 5.82 Å². The molecule has 14 nitrogen and oxygen atoms in total.